The lowest BCUT2D eigenvalue weighted by molar-refractivity contribution is -0.138. The largest absolute Gasteiger partial charge is 0.494 e. The lowest BCUT2D eigenvalue weighted by Crippen LogP contribution is -2.48. The Bertz CT molecular complexity index is 1510. The van der Waals surface area contributed by atoms with Gasteiger partial charge in [-0.15, -0.1) is 10.2 Å². The van der Waals surface area contributed by atoms with Crippen LogP contribution < -0.4 is 15.0 Å². The maximum atomic E-state index is 14.3. The molecule has 42 heavy (non-hydrogen) atoms. The number of ether oxygens (including phenoxy) is 2. The molecular weight excluding hydrogens is 547 g/mol. The fourth-order valence-corrected chi connectivity index (χ4v) is 6.64. The summed E-state index contributed by atoms with van der Waals surface area (Å²) in [5, 5.41) is 11.9. The van der Waals surface area contributed by atoms with Gasteiger partial charge in [-0.1, -0.05) is 0 Å². The minimum atomic E-state index is -4.59. The number of aromatic nitrogens is 3. The third-order valence-electron chi connectivity index (χ3n) is 9.27. The number of carbonyl (C=O) groups excluding carboxylic acids is 1. The summed E-state index contributed by atoms with van der Waals surface area (Å²) in [5.74, 6) is 0.830. The summed E-state index contributed by atoms with van der Waals surface area (Å²) in [6.07, 6.45) is 1.42. The number of fused-ring (bicyclic) bond motifs is 1. The molecule has 0 unspecified atom stereocenters. The van der Waals surface area contributed by atoms with Crippen molar-refractivity contribution in [1.29, 1.82) is 0 Å². The van der Waals surface area contributed by atoms with Gasteiger partial charge in [0, 0.05) is 43.6 Å². The van der Waals surface area contributed by atoms with Gasteiger partial charge in [0.1, 0.15) is 17.9 Å². The lowest BCUT2D eigenvalue weighted by atomic mass is 9.62. The van der Waals surface area contributed by atoms with Gasteiger partial charge in [-0.3, -0.25) is 4.79 Å². The summed E-state index contributed by atoms with van der Waals surface area (Å²) in [4.78, 5) is 15.3. The molecule has 3 aliphatic rings. The molecule has 11 heteroatoms. The van der Waals surface area contributed by atoms with Crippen molar-refractivity contribution in [2.45, 2.75) is 82.3 Å². The van der Waals surface area contributed by atoms with Gasteiger partial charge in [0.05, 0.1) is 30.2 Å². The lowest BCUT2D eigenvalue weighted by Gasteiger charge is -2.46. The van der Waals surface area contributed by atoms with Crippen LogP contribution in [0.1, 0.15) is 84.4 Å². The van der Waals surface area contributed by atoms with Crippen molar-refractivity contribution < 1.29 is 27.4 Å². The number of rotatable bonds is 9. The molecule has 0 atom stereocenters. The second-order valence-corrected chi connectivity index (χ2v) is 12.1. The highest BCUT2D eigenvalue weighted by Crippen LogP contribution is 2.51. The van der Waals surface area contributed by atoms with E-state index in [-0.39, 0.29) is 35.9 Å². The van der Waals surface area contributed by atoms with Gasteiger partial charge in [-0.25, -0.2) is 0 Å². The molecule has 0 bridgehead atoms. The maximum absolute atomic E-state index is 14.3. The molecule has 2 aromatic carbocycles. The summed E-state index contributed by atoms with van der Waals surface area (Å²) in [7, 11) is 3.55. The molecule has 2 saturated carbocycles. The van der Waals surface area contributed by atoms with Gasteiger partial charge in [-0.2, -0.15) is 13.2 Å². The van der Waals surface area contributed by atoms with Crippen LogP contribution in [0.3, 0.4) is 0 Å². The zero-order valence-corrected chi connectivity index (χ0v) is 24.3. The van der Waals surface area contributed by atoms with E-state index in [0.717, 1.165) is 30.7 Å². The Labute approximate surface area is 243 Å². The first-order chi connectivity index (χ1) is 20.0. The summed E-state index contributed by atoms with van der Waals surface area (Å²) >= 11 is 0. The molecule has 1 aromatic heterocycles. The van der Waals surface area contributed by atoms with E-state index < -0.39 is 23.1 Å². The quantitative estimate of drug-likeness (QED) is 0.357. The maximum Gasteiger partial charge on any atom is 0.416 e. The number of hydrogen-bond acceptors (Lipinski definition) is 6. The predicted molar refractivity (Wildman–Crippen MR) is 150 cm³/mol. The van der Waals surface area contributed by atoms with Crippen LogP contribution in [-0.2, 0) is 36.5 Å². The fourth-order valence-electron chi connectivity index (χ4n) is 6.64. The smallest absolute Gasteiger partial charge is 0.416 e. The predicted octanol–water partition coefficient (Wildman–Crippen LogP) is 5.52. The van der Waals surface area contributed by atoms with E-state index >= 15 is 0 Å². The molecule has 6 rings (SSSR count). The summed E-state index contributed by atoms with van der Waals surface area (Å²) in [5.41, 5.74) is 0.499. The van der Waals surface area contributed by atoms with Crippen molar-refractivity contribution in [3.63, 3.8) is 0 Å². The number of carbonyl (C=O) groups is 1. The fraction of sp³-hybridized carbons (Fsp3) is 0.516. The third-order valence-corrected chi connectivity index (χ3v) is 9.27. The van der Waals surface area contributed by atoms with Crippen LogP contribution in [0.25, 0.3) is 0 Å². The topological polar surface area (TPSA) is 81.5 Å². The van der Waals surface area contributed by atoms with Crippen molar-refractivity contribution in [2.24, 2.45) is 7.05 Å². The number of anilines is 1. The first kappa shape index (κ1) is 28.7. The molecule has 0 saturated heterocycles. The van der Waals surface area contributed by atoms with E-state index in [2.05, 4.69) is 22.4 Å². The van der Waals surface area contributed by atoms with Gasteiger partial charge in [0.2, 0.25) is 0 Å². The average molecular weight is 584 g/mol. The normalized spacial score (nSPS) is 23.0. The van der Waals surface area contributed by atoms with Gasteiger partial charge >= 0.3 is 6.18 Å². The van der Waals surface area contributed by atoms with Gasteiger partial charge < -0.3 is 24.3 Å². The summed E-state index contributed by atoms with van der Waals surface area (Å²) in [6, 6.07) is 8.33. The van der Waals surface area contributed by atoms with E-state index in [1.807, 2.05) is 30.7 Å². The Hall–Kier alpha value is -3.44. The summed E-state index contributed by atoms with van der Waals surface area (Å²) in [6.45, 7) is 4.42. The molecule has 2 heterocycles. The first-order valence-electron chi connectivity index (χ1n) is 14.4. The Morgan fingerprint density at radius 2 is 1.90 bits per heavy atom. The van der Waals surface area contributed by atoms with Crippen LogP contribution >= 0.6 is 0 Å². The van der Waals surface area contributed by atoms with Crippen molar-refractivity contribution in [2.75, 3.05) is 18.6 Å². The number of methoxy groups -OCH3 is 1. The van der Waals surface area contributed by atoms with Crippen molar-refractivity contribution >= 4 is 11.6 Å². The number of aryl methyl sites for hydroxylation is 1. The number of nitrogens with one attached hydrogen (secondary N) is 1. The highest BCUT2D eigenvalue weighted by Gasteiger charge is 2.51. The van der Waals surface area contributed by atoms with Crippen LogP contribution in [0.2, 0.25) is 0 Å². The van der Waals surface area contributed by atoms with Crippen LogP contribution in [0.15, 0.2) is 36.7 Å². The van der Waals surface area contributed by atoms with E-state index in [0.29, 0.717) is 36.4 Å². The third kappa shape index (κ3) is 4.86. The molecule has 2 fully saturated rings. The number of amides is 1. The molecule has 1 aliphatic heterocycles. The van der Waals surface area contributed by atoms with Crippen molar-refractivity contribution in [3.05, 3.63) is 70.3 Å². The monoisotopic (exact) mass is 583 g/mol. The average Bonchev–Trinajstić information content (AvgIpc) is 3.48. The molecule has 8 nitrogen and oxygen atoms in total. The molecule has 3 aromatic rings. The van der Waals surface area contributed by atoms with E-state index in [1.165, 1.54) is 11.0 Å². The number of halogens is 3. The molecule has 2 aliphatic carbocycles. The second kappa shape index (κ2) is 10.4. The minimum Gasteiger partial charge on any atom is -0.494 e. The van der Waals surface area contributed by atoms with Crippen LogP contribution in [0, 0.1) is 0 Å². The number of benzene rings is 2. The van der Waals surface area contributed by atoms with Gasteiger partial charge in [0.25, 0.3) is 5.91 Å². The van der Waals surface area contributed by atoms with Crippen molar-refractivity contribution in [3.8, 4) is 5.75 Å². The molecule has 0 radical (unpaired) electrons. The number of nitrogens with zero attached hydrogens (tertiary/aromatic N) is 4. The zero-order chi connectivity index (χ0) is 29.9. The molecule has 1 amide bonds. The minimum absolute atomic E-state index is 0.000532. The summed E-state index contributed by atoms with van der Waals surface area (Å²) < 4.78 is 56.4. The van der Waals surface area contributed by atoms with Crippen LogP contribution in [-0.4, -0.2) is 46.0 Å². The van der Waals surface area contributed by atoms with Crippen molar-refractivity contribution in [1.82, 2.24) is 20.1 Å². The van der Waals surface area contributed by atoms with E-state index in [9.17, 15) is 18.0 Å². The Balaban J connectivity index is 1.39. The Morgan fingerprint density at radius 3 is 2.50 bits per heavy atom. The van der Waals surface area contributed by atoms with Crippen LogP contribution in [0.5, 0.6) is 5.75 Å². The molecular formula is C31H36F3N5O3. The van der Waals surface area contributed by atoms with E-state index in [4.69, 9.17) is 9.47 Å². The second-order valence-electron chi connectivity index (χ2n) is 12.1. The Morgan fingerprint density at radius 1 is 1.14 bits per heavy atom. The Kier molecular flexibility index (Phi) is 7.08. The van der Waals surface area contributed by atoms with E-state index in [1.54, 1.807) is 25.6 Å². The van der Waals surface area contributed by atoms with Gasteiger partial charge in [0.15, 0.2) is 0 Å². The number of hydrogen-bond donors (Lipinski definition) is 1. The molecule has 0 spiro atoms. The van der Waals surface area contributed by atoms with Gasteiger partial charge in [-0.05, 0) is 86.9 Å². The zero-order valence-electron chi connectivity index (χ0n) is 24.3. The first-order valence-corrected chi connectivity index (χ1v) is 14.4. The molecule has 224 valence electrons. The standard InChI is InChI=1S/C31H36F3N5O3/c1-5-42-22-12-20(30(14-23(15-30)41-4)28-37-36-18-38(28)3)11-21(13-22)39-17-25-24(27(39)40)9-19(10-26(25)31(32,33)34)16-35-29(2)7-6-8-29/h9-13,18,23,35H,5-8,14-17H2,1-4H3/t23-,30+. The SMILES string of the molecule is CCOc1cc(N2Cc3c(cc(CNC4(C)CCC4)cc3C(F)(F)F)C2=O)cc([C@]2(c3nncn3C)C[C@@H](OC)C2)c1. The molecule has 1 N–H and O–H groups in total. The number of alkyl halides is 3. The highest BCUT2D eigenvalue weighted by atomic mass is 19.4. The highest BCUT2D eigenvalue weighted by molar-refractivity contribution is 6.10. The van der Waals surface area contributed by atoms with Crippen LogP contribution in [0.4, 0.5) is 18.9 Å².